The summed E-state index contributed by atoms with van der Waals surface area (Å²) >= 11 is 0. The van der Waals surface area contributed by atoms with Gasteiger partial charge >= 0.3 is 5.97 Å². The quantitative estimate of drug-likeness (QED) is 0.811. The molecule has 0 amide bonds. The molecule has 90 valence electrons. The lowest BCUT2D eigenvalue weighted by Gasteiger charge is -2.37. The predicted molar refractivity (Wildman–Crippen MR) is 61.6 cm³/mol. The van der Waals surface area contributed by atoms with Crippen LogP contribution in [0.15, 0.2) is 18.2 Å². The summed E-state index contributed by atoms with van der Waals surface area (Å²) in [4.78, 5) is 13.2. The SMILES string of the molecule is O=C(O)C1CCCC2Cc3cc(F)ccc3N21. The van der Waals surface area contributed by atoms with E-state index < -0.39 is 12.0 Å². The van der Waals surface area contributed by atoms with E-state index in [0.29, 0.717) is 6.42 Å². The molecule has 0 radical (unpaired) electrons. The number of aliphatic carboxylic acids is 1. The van der Waals surface area contributed by atoms with Gasteiger partial charge in [-0.3, -0.25) is 0 Å². The molecule has 2 atom stereocenters. The molecule has 1 aromatic rings. The lowest BCUT2D eigenvalue weighted by Crippen LogP contribution is -2.48. The predicted octanol–water partition coefficient (Wildman–Crippen LogP) is 2.19. The van der Waals surface area contributed by atoms with E-state index in [4.69, 9.17) is 0 Å². The van der Waals surface area contributed by atoms with Crippen molar-refractivity contribution in [2.45, 2.75) is 37.8 Å². The number of hydrogen-bond acceptors (Lipinski definition) is 2. The van der Waals surface area contributed by atoms with Crippen LogP contribution in [0.1, 0.15) is 24.8 Å². The van der Waals surface area contributed by atoms with Crippen molar-refractivity contribution in [1.82, 2.24) is 0 Å². The van der Waals surface area contributed by atoms with Gasteiger partial charge < -0.3 is 10.0 Å². The first kappa shape index (κ1) is 10.6. The molecular formula is C13H14FNO2. The van der Waals surface area contributed by atoms with E-state index in [0.717, 1.165) is 30.5 Å². The van der Waals surface area contributed by atoms with Crippen molar-refractivity contribution in [3.8, 4) is 0 Å². The molecule has 0 aliphatic carbocycles. The summed E-state index contributed by atoms with van der Waals surface area (Å²) in [5.41, 5.74) is 1.85. The fraction of sp³-hybridized carbons (Fsp3) is 0.462. The number of carboxylic acids is 1. The topological polar surface area (TPSA) is 40.5 Å². The monoisotopic (exact) mass is 235 g/mol. The van der Waals surface area contributed by atoms with Gasteiger partial charge in [0.1, 0.15) is 11.9 Å². The first-order chi connectivity index (χ1) is 8.16. The van der Waals surface area contributed by atoms with Crippen LogP contribution in [0.25, 0.3) is 0 Å². The molecule has 0 bridgehead atoms. The second-order valence-corrected chi connectivity index (χ2v) is 4.82. The van der Waals surface area contributed by atoms with Gasteiger partial charge in [0.05, 0.1) is 0 Å². The summed E-state index contributed by atoms with van der Waals surface area (Å²) in [6.07, 6.45) is 3.40. The van der Waals surface area contributed by atoms with Crippen molar-refractivity contribution in [3.63, 3.8) is 0 Å². The fourth-order valence-electron chi connectivity index (χ4n) is 3.11. The smallest absolute Gasteiger partial charge is 0.326 e. The van der Waals surface area contributed by atoms with Crippen LogP contribution in [0, 0.1) is 5.82 Å². The Labute approximate surface area is 98.9 Å². The first-order valence-electron chi connectivity index (χ1n) is 5.96. The number of piperidine rings is 1. The van der Waals surface area contributed by atoms with E-state index in [2.05, 4.69) is 0 Å². The highest BCUT2D eigenvalue weighted by Gasteiger charge is 2.40. The van der Waals surface area contributed by atoms with Crippen molar-refractivity contribution >= 4 is 11.7 Å². The third-order valence-electron chi connectivity index (χ3n) is 3.80. The van der Waals surface area contributed by atoms with Crippen LogP contribution < -0.4 is 4.90 Å². The second kappa shape index (κ2) is 3.72. The number of nitrogens with zero attached hydrogens (tertiary/aromatic N) is 1. The number of benzene rings is 1. The molecule has 4 heteroatoms. The second-order valence-electron chi connectivity index (χ2n) is 4.82. The first-order valence-corrected chi connectivity index (χ1v) is 5.96. The minimum atomic E-state index is -0.771. The normalized spacial score (nSPS) is 26.5. The maximum Gasteiger partial charge on any atom is 0.326 e. The maximum absolute atomic E-state index is 13.2. The van der Waals surface area contributed by atoms with Crippen molar-refractivity contribution in [1.29, 1.82) is 0 Å². The van der Waals surface area contributed by atoms with Gasteiger partial charge in [-0.15, -0.1) is 0 Å². The van der Waals surface area contributed by atoms with E-state index >= 15 is 0 Å². The van der Waals surface area contributed by atoms with Crippen LogP contribution in [-0.4, -0.2) is 23.2 Å². The van der Waals surface area contributed by atoms with Crippen LogP contribution in [0.5, 0.6) is 0 Å². The van der Waals surface area contributed by atoms with Crippen molar-refractivity contribution in [2.75, 3.05) is 4.90 Å². The molecular weight excluding hydrogens is 221 g/mol. The number of anilines is 1. The molecule has 3 rings (SSSR count). The van der Waals surface area contributed by atoms with Gasteiger partial charge in [0.25, 0.3) is 0 Å². The zero-order valence-electron chi connectivity index (χ0n) is 9.40. The Morgan fingerprint density at radius 1 is 1.41 bits per heavy atom. The fourth-order valence-corrected chi connectivity index (χ4v) is 3.11. The lowest BCUT2D eigenvalue weighted by atomic mass is 9.96. The number of carboxylic acid groups (broad SMARTS) is 1. The third-order valence-corrected chi connectivity index (χ3v) is 3.80. The number of halogens is 1. The highest BCUT2D eigenvalue weighted by atomic mass is 19.1. The van der Waals surface area contributed by atoms with Crippen LogP contribution in [-0.2, 0) is 11.2 Å². The maximum atomic E-state index is 13.2. The Kier molecular flexibility index (Phi) is 2.31. The molecule has 2 unspecified atom stereocenters. The van der Waals surface area contributed by atoms with Gasteiger partial charge in [0, 0.05) is 11.7 Å². The Hall–Kier alpha value is -1.58. The summed E-state index contributed by atoms with van der Waals surface area (Å²) in [5, 5.41) is 9.25. The van der Waals surface area contributed by atoms with Crippen LogP contribution in [0.4, 0.5) is 10.1 Å². The highest BCUT2D eigenvalue weighted by molar-refractivity contribution is 5.80. The molecule has 17 heavy (non-hydrogen) atoms. The highest BCUT2D eigenvalue weighted by Crippen LogP contribution is 2.39. The molecule has 1 aromatic carbocycles. The van der Waals surface area contributed by atoms with Gasteiger partial charge in [0.15, 0.2) is 0 Å². The third kappa shape index (κ3) is 1.59. The van der Waals surface area contributed by atoms with Crippen molar-refractivity contribution < 1.29 is 14.3 Å². The summed E-state index contributed by atoms with van der Waals surface area (Å²) in [6, 6.07) is 4.45. The largest absolute Gasteiger partial charge is 0.480 e. The van der Waals surface area contributed by atoms with Gasteiger partial charge in [-0.2, -0.15) is 0 Å². The van der Waals surface area contributed by atoms with Crippen molar-refractivity contribution in [2.24, 2.45) is 0 Å². The number of rotatable bonds is 1. The van der Waals surface area contributed by atoms with Gasteiger partial charge in [-0.1, -0.05) is 0 Å². The van der Waals surface area contributed by atoms with Gasteiger partial charge in [-0.25, -0.2) is 9.18 Å². The lowest BCUT2D eigenvalue weighted by molar-refractivity contribution is -0.139. The molecule has 0 spiro atoms. The summed E-state index contributed by atoms with van der Waals surface area (Å²) in [5.74, 6) is -1.01. The van der Waals surface area contributed by atoms with E-state index in [1.807, 2.05) is 4.90 Å². The molecule has 0 aromatic heterocycles. The minimum absolute atomic E-state index is 0.238. The Bertz CT molecular complexity index is 474. The van der Waals surface area contributed by atoms with Crippen LogP contribution in [0.2, 0.25) is 0 Å². The van der Waals surface area contributed by atoms with Gasteiger partial charge in [0.2, 0.25) is 0 Å². The number of fused-ring (bicyclic) bond motifs is 3. The van der Waals surface area contributed by atoms with Crippen LogP contribution in [0.3, 0.4) is 0 Å². The van der Waals surface area contributed by atoms with E-state index in [9.17, 15) is 14.3 Å². The summed E-state index contributed by atoms with van der Waals surface area (Å²) in [7, 11) is 0. The standard InChI is InChI=1S/C13H14FNO2/c14-9-4-5-11-8(6-9)7-10-2-1-3-12(13(16)17)15(10)11/h4-6,10,12H,1-3,7H2,(H,16,17). The average molecular weight is 235 g/mol. The molecule has 1 saturated heterocycles. The molecule has 3 nitrogen and oxygen atoms in total. The molecule has 2 heterocycles. The van der Waals surface area contributed by atoms with E-state index in [1.54, 1.807) is 6.07 Å². The summed E-state index contributed by atoms with van der Waals surface area (Å²) in [6.45, 7) is 0. The molecule has 1 N–H and O–H groups in total. The Balaban J connectivity index is 2.02. The molecule has 0 saturated carbocycles. The van der Waals surface area contributed by atoms with Gasteiger partial charge in [-0.05, 0) is 49.4 Å². The van der Waals surface area contributed by atoms with Crippen molar-refractivity contribution in [3.05, 3.63) is 29.6 Å². The van der Waals surface area contributed by atoms with Crippen LogP contribution >= 0.6 is 0 Å². The number of carbonyl (C=O) groups is 1. The summed E-state index contributed by atoms with van der Waals surface area (Å²) < 4.78 is 13.2. The zero-order chi connectivity index (χ0) is 12.0. The van der Waals surface area contributed by atoms with E-state index in [-0.39, 0.29) is 11.9 Å². The minimum Gasteiger partial charge on any atom is -0.480 e. The Morgan fingerprint density at radius 3 is 3.00 bits per heavy atom. The Morgan fingerprint density at radius 2 is 2.24 bits per heavy atom. The average Bonchev–Trinajstić information content (AvgIpc) is 2.65. The number of hydrogen-bond donors (Lipinski definition) is 1. The van der Waals surface area contributed by atoms with E-state index in [1.165, 1.54) is 12.1 Å². The molecule has 2 aliphatic heterocycles. The zero-order valence-corrected chi connectivity index (χ0v) is 9.40. The molecule has 1 fully saturated rings. The molecule has 2 aliphatic rings.